The van der Waals surface area contributed by atoms with Crippen molar-refractivity contribution in [2.45, 2.75) is 117 Å². The van der Waals surface area contributed by atoms with Gasteiger partial charge in [0.25, 0.3) is 0 Å². The molecular formula is C35H53N3O5. The Balaban J connectivity index is 2.47. The van der Waals surface area contributed by atoms with Crippen molar-refractivity contribution in [2.24, 2.45) is 0 Å². The van der Waals surface area contributed by atoms with Crippen molar-refractivity contribution in [1.82, 2.24) is 15.5 Å². The average Bonchev–Trinajstić information content (AvgIpc) is 2.96. The molecule has 3 amide bonds. The number of rotatable bonds is 18. The van der Waals surface area contributed by atoms with Crippen molar-refractivity contribution in [3.8, 4) is 5.75 Å². The maximum atomic E-state index is 14.5. The Kier molecular flexibility index (Phi) is 15.6. The number of alkyl carbamates (subject to hydrolysis) is 1. The molecule has 0 radical (unpaired) electrons. The fourth-order valence-electron chi connectivity index (χ4n) is 4.94. The third kappa shape index (κ3) is 13.5. The first-order valence-electron chi connectivity index (χ1n) is 16.0. The molecule has 0 fully saturated rings. The molecule has 2 rings (SSSR count). The normalized spacial score (nSPS) is 12.7. The zero-order valence-electron chi connectivity index (χ0n) is 26.9. The number of unbranched alkanes of at least 4 members (excludes halogenated alkanes) is 7. The quantitative estimate of drug-likeness (QED) is 0.160. The van der Waals surface area contributed by atoms with E-state index in [1.807, 2.05) is 30.3 Å². The van der Waals surface area contributed by atoms with Crippen molar-refractivity contribution in [2.75, 3.05) is 13.1 Å². The molecule has 0 aliphatic heterocycles. The van der Waals surface area contributed by atoms with Gasteiger partial charge in [0.2, 0.25) is 11.8 Å². The third-order valence-corrected chi connectivity index (χ3v) is 7.16. The predicted octanol–water partition coefficient (Wildman–Crippen LogP) is 7.06. The van der Waals surface area contributed by atoms with E-state index in [4.69, 9.17) is 4.74 Å². The molecule has 2 aromatic carbocycles. The highest BCUT2D eigenvalue weighted by Crippen LogP contribution is 2.26. The summed E-state index contributed by atoms with van der Waals surface area (Å²) in [5.41, 5.74) is 0.734. The summed E-state index contributed by atoms with van der Waals surface area (Å²) < 4.78 is 5.53. The Morgan fingerprint density at radius 1 is 0.837 bits per heavy atom. The predicted molar refractivity (Wildman–Crippen MR) is 172 cm³/mol. The molecule has 2 unspecified atom stereocenters. The summed E-state index contributed by atoms with van der Waals surface area (Å²) in [4.78, 5) is 42.9. The molecule has 2 aromatic rings. The number of ether oxygens (including phenoxy) is 1. The van der Waals surface area contributed by atoms with E-state index in [0.29, 0.717) is 18.7 Å². The number of nitrogens with one attached hydrogen (secondary N) is 2. The number of nitrogens with zero attached hydrogens (tertiary/aromatic N) is 1. The van der Waals surface area contributed by atoms with Crippen LogP contribution in [0, 0.1) is 0 Å². The third-order valence-electron chi connectivity index (χ3n) is 7.16. The van der Waals surface area contributed by atoms with Gasteiger partial charge in [-0.3, -0.25) is 9.59 Å². The molecule has 238 valence electrons. The van der Waals surface area contributed by atoms with Crippen molar-refractivity contribution >= 4 is 17.9 Å². The zero-order chi connectivity index (χ0) is 31.7. The lowest BCUT2D eigenvalue weighted by Gasteiger charge is -2.34. The molecule has 0 bridgehead atoms. The van der Waals surface area contributed by atoms with Crippen LogP contribution in [0.5, 0.6) is 5.75 Å². The number of carbonyl (C=O) groups excluding carboxylic acids is 3. The number of hydrogen-bond acceptors (Lipinski definition) is 5. The lowest BCUT2D eigenvalue weighted by molar-refractivity contribution is -0.142. The first kappa shape index (κ1) is 35.6. The molecule has 0 saturated heterocycles. The van der Waals surface area contributed by atoms with Crippen molar-refractivity contribution < 1.29 is 24.2 Å². The first-order chi connectivity index (χ1) is 20.6. The summed E-state index contributed by atoms with van der Waals surface area (Å²) in [6.45, 7) is 10.4. The smallest absolute Gasteiger partial charge is 0.408 e. The van der Waals surface area contributed by atoms with E-state index in [2.05, 4.69) is 24.5 Å². The van der Waals surface area contributed by atoms with E-state index in [0.717, 1.165) is 63.4 Å². The summed E-state index contributed by atoms with van der Waals surface area (Å²) >= 11 is 0. The number of aromatic hydroxyl groups is 1. The number of benzene rings is 2. The van der Waals surface area contributed by atoms with Crippen molar-refractivity contribution in [3.05, 3.63) is 65.7 Å². The number of phenols is 1. The Bertz CT molecular complexity index is 1100. The second kappa shape index (κ2) is 18.9. The molecular weight excluding hydrogens is 542 g/mol. The fraction of sp³-hybridized carbons (Fsp3) is 0.571. The Hall–Kier alpha value is -3.55. The van der Waals surface area contributed by atoms with Gasteiger partial charge in [0, 0.05) is 19.5 Å². The molecule has 2 atom stereocenters. The molecule has 0 aromatic heterocycles. The summed E-state index contributed by atoms with van der Waals surface area (Å²) in [7, 11) is 0. The molecule has 3 N–H and O–H groups in total. The number of phenolic OH excluding ortho intramolecular Hbond substituents is 1. The van der Waals surface area contributed by atoms with Crippen molar-refractivity contribution in [1.29, 1.82) is 0 Å². The van der Waals surface area contributed by atoms with Crippen LogP contribution >= 0.6 is 0 Å². The van der Waals surface area contributed by atoms with Gasteiger partial charge in [0.15, 0.2) is 0 Å². The van der Waals surface area contributed by atoms with Gasteiger partial charge < -0.3 is 25.4 Å². The summed E-state index contributed by atoms with van der Waals surface area (Å²) in [5, 5.41) is 15.8. The molecule has 43 heavy (non-hydrogen) atoms. The van der Waals surface area contributed by atoms with Gasteiger partial charge in [0.05, 0.1) is 0 Å². The SMILES string of the molecule is CCCCCCCCN(C(=O)C(Cc1ccccc1)NC(=O)OC(C)(C)C)C(C(=O)NCCCCC)c1ccc(O)cc1. The lowest BCUT2D eigenvalue weighted by Crippen LogP contribution is -2.54. The van der Waals surface area contributed by atoms with Crippen LogP contribution in [-0.4, -0.2) is 52.6 Å². The van der Waals surface area contributed by atoms with E-state index < -0.39 is 23.8 Å². The lowest BCUT2D eigenvalue weighted by atomic mass is 9.99. The number of hydrogen-bond donors (Lipinski definition) is 3. The Morgan fingerprint density at radius 2 is 1.44 bits per heavy atom. The molecule has 0 spiro atoms. The van der Waals surface area contributed by atoms with Gasteiger partial charge in [-0.25, -0.2) is 4.79 Å². The van der Waals surface area contributed by atoms with E-state index in [-0.39, 0.29) is 24.0 Å². The second-order valence-corrected chi connectivity index (χ2v) is 12.2. The molecule has 0 aliphatic carbocycles. The van der Waals surface area contributed by atoms with Crippen LogP contribution in [0.15, 0.2) is 54.6 Å². The zero-order valence-corrected chi connectivity index (χ0v) is 26.9. The number of carbonyl (C=O) groups is 3. The van der Waals surface area contributed by atoms with Crippen LogP contribution in [0.2, 0.25) is 0 Å². The number of amides is 3. The largest absolute Gasteiger partial charge is 0.508 e. The minimum absolute atomic E-state index is 0.0770. The van der Waals surface area contributed by atoms with Gasteiger partial charge in [-0.1, -0.05) is 101 Å². The van der Waals surface area contributed by atoms with Gasteiger partial charge in [-0.15, -0.1) is 0 Å². The van der Waals surface area contributed by atoms with Gasteiger partial charge >= 0.3 is 6.09 Å². The van der Waals surface area contributed by atoms with E-state index in [9.17, 15) is 19.5 Å². The van der Waals surface area contributed by atoms with Crippen LogP contribution in [0.3, 0.4) is 0 Å². The minimum atomic E-state index is -0.954. The van der Waals surface area contributed by atoms with Crippen LogP contribution in [0.1, 0.15) is 110 Å². The Labute approximate surface area is 258 Å². The molecule has 0 heterocycles. The van der Waals surface area contributed by atoms with E-state index in [1.165, 1.54) is 12.1 Å². The standard InChI is InChI=1S/C35H53N3O5/c1-6-8-10-11-12-17-25-38(31(28-20-22-29(39)23-21-28)32(40)36-24-16-9-7-2)33(41)30(26-27-18-14-13-15-19-27)37-34(42)43-35(3,4)5/h13-15,18-23,30-31,39H,6-12,16-17,24-26H2,1-5H3,(H,36,40)(H,37,42). The first-order valence-corrected chi connectivity index (χ1v) is 16.0. The van der Waals surface area contributed by atoms with Crippen LogP contribution in [0.4, 0.5) is 4.79 Å². The summed E-state index contributed by atoms with van der Waals surface area (Å²) in [6.07, 6.45) is 8.53. The van der Waals surface area contributed by atoms with Crippen LogP contribution < -0.4 is 10.6 Å². The fourth-order valence-corrected chi connectivity index (χ4v) is 4.94. The molecule has 8 nitrogen and oxygen atoms in total. The summed E-state index contributed by atoms with van der Waals surface area (Å²) in [6, 6.07) is 14.0. The highest BCUT2D eigenvalue weighted by molar-refractivity contribution is 5.92. The maximum absolute atomic E-state index is 14.5. The summed E-state index contributed by atoms with van der Waals surface area (Å²) in [5.74, 6) is -0.560. The Morgan fingerprint density at radius 3 is 2.07 bits per heavy atom. The monoisotopic (exact) mass is 595 g/mol. The topological polar surface area (TPSA) is 108 Å². The maximum Gasteiger partial charge on any atom is 0.408 e. The van der Waals surface area contributed by atoms with E-state index >= 15 is 0 Å². The van der Waals surface area contributed by atoms with Gasteiger partial charge in [0.1, 0.15) is 23.4 Å². The highest BCUT2D eigenvalue weighted by Gasteiger charge is 2.36. The second-order valence-electron chi connectivity index (χ2n) is 12.2. The van der Waals surface area contributed by atoms with E-state index in [1.54, 1.807) is 37.8 Å². The highest BCUT2D eigenvalue weighted by atomic mass is 16.6. The molecule has 0 saturated carbocycles. The minimum Gasteiger partial charge on any atom is -0.508 e. The van der Waals surface area contributed by atoms with Crippen molar-refractivity contribution in [3.63, 3.8) is 0 Å². The van der Waals surface area contributed by atoms with Gasteiger partial charge in [-0.05, 0) is 56.9 Å². The average molecular weight is 596 g/mol. The van der Waals surface area contributed by atoms with Crippen LogP contribution in [-0.2, 0) is 20.7 Å². The van der Waals surface area contributed by atoms with Gasteiger partial charge in [-0.2, -0.15) is 0 Å². The molecule has 8 heteroatoms. The molecule has 0 aliphatic rings. The van der Waals surface area contributed by atoms with Crippen LogP contribution in [0.25, 0.3) is 0 Å².